The number of hydrogen-bond acceptors (Lipinski definition) is 3. The summed E-state index contributed by atoms with van der Waals surface area (Å²) in [4.78, 5) is 11.9. The van der Waals surface area contributed by atoms with Crippen molar-refractivity contribution in [3.63, 3.8) is 0 Å². The van der Waals surface area contributed by atoms with E-state index in [9.17, 15) is 9.90 Å². The lowest BCUT2D eigenvalue weighted by Gasteiger charge is -2.20. The van der Waals surface area contributed by atoms with Crippen LogP contribution in [0.25, 0.3) is 0 Å². The molecule has 1 aliphatic heterocycles. The van der Waals surface area contributed by atoms with Gasteiger partial charge in [0.25, 0.3) is 0 Å². The minimum Gasteiger partial charge on any atom is -0.508 e. The van der Waals surface area contributed by atoms with Crippen LogP contribution in [0, 0.1) is 0 Å². The van der Waals surface area contributed by atoms with E-state index in [2.05, 4.69) is 5.32 Å². The Kier molecular flexibility index (Phi) is 4.20. The molecule has 0 spiro atoms. The van der Waals surface area contributed by atoms with Gasteiger partial charge in [0, 0.05) is 12.2 Å². The van der Waals surface area contributed by atoms with Crippen LogP contribution in [0.4, 0.5) is 0 Å². The van der Waals surface area contributed by atoms with Gasteiger partial charge in [-0.2, -0.15) is 0 Å². The Morgan fingerprint density at radius 2 is 2.33 bits per heavy atom. The number of benzene rings is 1. The number of para-hydroxylation sites is 1. The Morgan fingerprint density at radius 3 is 3.00 bits per heavy atom. The highest BCUT2D eigenvalue weighted by atomic mass is 16.5. The zero-order valence-electron chi connectivity index (χ0n) is 10.6. The molecule has 98 valence electrons. The van der Waals surface area contributed by atoms with Gasteiger partial charge in [0.05, 0.1) is 18.6 Å². The molecule has 4 heteroatoms. The molecule has 2 rings (SSSR count). The van der Waals surface area contributed by atoms with Crippen LogP contribution >= 0.6 is 0 Å². The maximum absolute atomic E-state index is 11.9. The maximum atomic E-state index is 11.9. The summed E-state index contributed by atoms with van der Waals surface area (Å²) in [5, 5.41) is 12.5. The Balaban J connectivity index is 1.86. The van der Waals surface area contributed by atoms with Gasteiger partial charge in [-0.3, -0.25) is 4.79 Å². The van der Waals surface area contributed by atoms with Crippen molar-refractivity contribution < 1.29 is 14.6 Å². The summed E-state index contributed by atoms with van der Waals surface area (Å²) in [7, 11) is 0. The zero-order chi connectivity index (χ0) is 13.0. The van der Waals surface area contributed by atoms with Gasteiger partial charge in [0.15, 0.2) is 0 Å². The number of aromatic hydroxyl groups is 1. The van der Waals surface area contributed by atoms with Gasteiger partial charge in [-0.05, 0) is 25.8 Å². The van der Waals surface area contributed by atoms with Crippen LogP contribution in [0.2, 0.25) is 0 Å². The van der Waals surface area contributed by atoms with Crippen molar-refractivity contribution in [2.45, 2.75) is 38.3 Å². The fourth-order valence-electron chi connectivity index (χ4n) is 2.23. The van der Waals surface area contributed by atoms with Crippen LogP contribution in [0.1, 0.15) is 25.3 Å². The van der Waals surface area contributed by atoms with Crippen LogP contribution in [0.15, 0.2) is 24.3 Å². The predicted molar refractivity (Wildman–Crippen MR) is 68.4 cm³/mol. The monoisotopic (exact) mass is 249 g/mol. The molecule has 4 nitrogen and oxygen atoms in total. The molecule has 0 bridgehead atoms. The van der Waals surface area contributed by atoms with Crippen molar-refractivity contribution in [2.24, 2.45) is 0 Å². The first-order valence-corrected chi connectivity index (χ1v) is 6.34. The first-order chi connectivity index (χ1) is 8.66. The van der Waals surface area contributed by atoms with Crippen LogP contribution in [0.3, 0.4) is 0 Å². The van der Waals surface area contributed by atoms with Crippen molar-refractivity contribution in [1.82, 2.24) is 5.32 Å². The van der Waals surface area contributed by atoms with E-state index in [1.807, 2.05) is 13.0 Å². The quantitative estimate of drug-likeness (QED) is 0.852. The number of phenols is 1. The highest BCUT2D eigenvalue weighted by Crippen LogP contribution is 2.17. The third-order valence-corrected chi connectivity index (χ3v) is 3.25. The molecule has 18 heavy (non-hydrogen) atoms. The van der Waals surface area contributed by atoms with Crippen LogP contribution < -0.4 is 5.32 Å². The normalized spacial score (nSPS) is 20.6. The highest BCUT2D eigenvalue weighted by Gasteiger charge is 2.23. The zero-order valence-corrected chi connectivity index (χ0v) is 10.6. The van der Waals surface area contributed by atoms with Gasteiger partial charge in [-0.1, -0.05) is 18.2 Å². The number of ether oxygens (including phenoxy) is 1. The Bertz CT molecular complexity index is 413. The highest BCUT2D eigenvalue weighted by molar-refractivity contribution is 5.79. The smallest absolute Gasteiger partial charge is 0.224 e. The Labute approximate surface area is 107 Å². The van der Waals surface area contributed by atoms with E-state index in [1.54, 1.807) is 18.2 Å². The minimum atomic E-state index is -0.0838. The lowest BCUT2D eigenvalue weighted by atomic mass is 10.1. The third-order valence-electron chi connectivity index (χ3n) is 3.25. The molecule has 1 fully saturated rings. The molecule has 2 N–H and O–H groups in total. The second-order valence-electron chi connectivity index (χ2n) is 4.71. The summed E-state index contributed by atoms with van der Waals surface area (Å²) in [5.74, 6) is 0.0805. The predicted octanol–water partition coefficient (Wildman–Crippen LogP) is 1.62. The van der Waals surface area contributed by atoms with E-state index in [0.29, 0.717) is 5.56 Å². The number of carbonyl (C=O) groups excluding carboxylic acids is 1. The van der Waals surface area contributed by atoms with Gasteiger partial charge in [0.1, 0.15) is 5.75 Å². The van der Waals surface area contributed by atoms with Gasteiger partial charge in [-0.15, -0.1) is 0 Å². The summed E-state index contributed by atoms with van der Waals surface area (Å²) in [6.07, 6.45) is 2.38. The summed E-state index contributed by atoms with van der Waals surface area (Å²) >= 11 is 0. The molecular formula is C14H19NO3. The topological polar surface area (TPSA) is 58.6 Å². The van der Waals surface area contributed by atoms with Crippen molar-refractivity contribution >= 4 is 5.91 Å². The van der Waals surface area contributed by atoms with E-state index in [-0.39, 0.29) is 30.2 Å². The van der Waals surface area contributed by atoms with Crippen LogP contribution in [0.5, 0.6) is 5.75 Å². The lowest BCUT2D eigenvalue weighted by Crippen LogP contribution is -2.41. The van der Waals surface area contributed by atoms with E-state index in [0.717, 1.165) is 19.4 Å². The third kappa shape index (κ3) is 3.23. The number of rotatable bonds is 4. The maximum Gasteiger partial charge on any atom is 0.224 e. The van der Waals surface area contributed by atoms with E-state index in [1.165, 1.54) is 0 Å². The Hall–Kier alpha value is -1.55. The fourth-order valence-corrected chi connectivity index (χ4v) is 2.23. The molecule has 1 aliphatic rings. The average molecular weight is 249 g/mol. The van der Waals surface area contributed by atoms with Crippen LogP contribution in [-0.4, -0.2) is 29.8 Å². The van der Waals surface area contributed by atoms with Crippen molar-refractivity contribution in [1.29, 1.82) is 0 Å². The summed E-state index contributed by atoms with van der Waals surface area (Å²) in [5.41, 5.74) is 0.648. The van der Waals surface area contributed by atoms with Crippen molar-refractivity contribution in [3.8, 4) is 5.75 Å². The molecule has 1 aromatic carbocycles. The largest absolute Gasteiger partial charge is 0.508 e. The van der Waals surface area contributed by atoms with E-state index < -0.39 is 0 Å². The van der Waals surface area contributed by atoms with Gasteiger partial charge >= 0.3 is 0 Å². The molecule has 1 heterocycles. The standard InChI is InChI=1S/C14H19NO3/c1-10(13-7-4-8-18-13)15-14(17)9-11-5-2-3-6-12(11)16/h2-3,5-6,10,13,16H,4,7-9H2,1H3,(H,15,17). The fraction of sp³-hybridized carbons (Fsp3) is 0.500. The summed E-state index contributed by atoms with van der Waals surface area (Å²) < 4.78 is 5.53. The number of hydrogen-bond donors (Lipinski definition) is 2. The molecule has 1 saturated heterocycles. The Morgan fingerprint density at radius 1 is 1.56 bits per heavy atom. The molecule has 0 saturated carbocycles. The molecule has 0 aliphatic carbocycles. The molecule has 2 atom stereocenters. The number of carbonyl (C=O) groups is 1. The molecule has 1 amide bonds. The SMILES string of the molecule is CC(NC(=O)Cc1ccccc1O)C1CCCO1. The number of nitrogens with one attached hydrogen (secondary N) is 1. The summed E-state index contributed by atoms with van der Waals surface area (Å²) in [6, 6.07) is 6.92. The van der Waals surface area contributed by atoms with Crippen LogP contribution in [-0.2, 0) is 16.0 Å². The van der Waals surface area contributed by atoms with Crippen molar-refractivity contribution in [2.75, 3.05) is 6.61 Å². The second-order valence-corrected chi connectivity index (χ2v) is 4.71. The molecule has 1 aromatic rings. The van der Waals surface area contributed by atoms with Gasteiger partial charge < -0.3 is 15.2 Å². The minimum absolute atomic E-state index is 0.0193. The van der Waals surface area contributed by atoms with Crippen molar-refractivity contribution in [3.05, 3.63) is 29.8 Å². The van der Waals surface area contributed by atoms with E-state index >= 15 is 0 Å². The average Bonchev–Trinajstić information content (AvgIpc) is 2.85. The summed E-state index contributed by atoms with van der Waals surface area (Å²) in [6.45, 7) is 2.74. The van der Waals surface area contributed by atoms with E-state index in [4.69, 9.17) is 4.74 Å². The van der Waals surface area contributed by atoms with Gasteiger partial charge in [-0.25, -0.2) is 0 Å². The number of phenolic OH excluding ortho intramolecular Hbond substituents is 1. The van der Waals surface area contributed by atoms with Gasteiger partial charge in [0.2, 0.25) is 5.91 Å². The molecular weight excluding hydrogens is 230 g/mol. The number of amides is 1. The first-order valence-electron chi connectivity index (χ1n) is 6.34. The molecule has 2 unspecified atom stereocenters. The molecule has 0 aromatic heterocycles. The first kappa shape index (κ1) is 12.9. The molecule has 0 radical (unpaired) electrons. The second kappa shape index (κ2) is 5.87. The lowest BCUT2D eigenvalue weighted by molar-refractivity contribution is -0.121.